The van der Waals surface area contributed by atoms with E-state index in [1.807, 2.05) is 102 Å². The molecule has 7 rings (SSSR count). The molecule has 4 aliphatic rings. The summed E-state index contributed by atoms with van der Waals surface area (Å²) < 4.78 is 67.6. The minimum Gasteiger partial charge on any atom is -0.447 e. The van der Waals surface area contributed by atoms with Gasteiger partial charge in [0.15, 0.2) is 16.0 Å². The Morgan fingerprint density at radius 1 is 0.951 bits per heavy atom. The number of carbonyl (C=O) groups excluding carboxylic acids is 3. The fourth-order valence-electron chi connectivity index (χ4n) is 13.3. The fraction of sp³-hybridized carbons (Fsp3) is 0.741. The number of nitrogen functional groups attached to an aromatic ring is 1. The van der Waals surface area contributed by atoms with Crippen LogP contribution in [0.5, 0.6) is 0 Å². The fourth-order valence-corrected chi connectivity index (χ4v) is 14.5. The number of carbonyl (C=O) groups is 3. The smallest absolute Gasteiger partial charge is 0.410 e. The molecule has 1 amide bonds. The lowest BCUT2D eigenvalue weighted by Gasteiger charge is -2.52. The topological polar surface area (TPSA) is 234 Å². The number of ketones is 1. The second kappa shape index (κ2) is 27.6. The number of esters is 1. The minimum atomic E-state index is -1.38. The summed E-state index contributed by atoms with van der Waals surface area (Å²) in [4.78, 5) is 56.1. The van der Waals surface area contributed by atoms with E-state index >= 15 is 14.0 Å². The average molecular weight is 1270 g/mol. The van der Waals surface area contributed by atoms with Gasteiger partial charge in [-0.1, -0.05) is 57.2 Å². The lowest BCUT2D eigenvalue weighted by Crippen LogP contribution is -2.61. The van der Waals surface area contributed by atoms with Gasteiger partial charge in [0.1, 0.15) is 30.7 Å². The van der Waals surface area contributed by atoms with Gasteiger partial charge in [0.2, 0.25) is 5.95 Å². The zero-order valence-corrected chi connectivity index (χ0v) is 52.6. The van der Waals surface area contributed by atoms with E-state index in [1.54, 1.807) is 70.4 Å². The maximum absolute atomic E-state index is 15.1. The molecule has 3 N–H and O–H groups in total. The molecule has 0 spiro atoms. The Morgan fingerprint density at radius 2 is 1.63 bits per heavy atom. The van der Waals surface area contributed by atoms with E-state index in [0.717, 1.165) is 22.4 Å². The van der Waals surface area contributed by atoms with Crippen molar-refractivity contribution in [3.8, 4) is 11.1 Å². The number of thioether (sulfide) groups is 1. The number of aromatic nitrogens is 5. The van der Waals surface area contributed by atoms with Gasteiger partial charge < -0.3 is 58.5 Å². The minimum absolute atomic E-state index is 0.0155. The molecule has 19 atom stereocenters. The van der Waals surface area contributed by atoms with Gasteiger partial charge in [0.25, 0.3) is 0 Å². The van der Waals surface area contributed by atoms with Crippen LogP contribution in [0.3, 0.4) is 0 Å². The summed E-state index contributed by atoms with van der Waals surface area (Å²) in [5.41, 5.74) is 5.22. The van der Waals surface area contributed by atoms with Crippen LogP contribution in [0.25, 0.3) is 11.1 Å². The van der Waals surface area contributed by atoms with Crippen LogP contribution in [0.2, 0.25) is 0 Å². The van der Waals surface area contributed by atoms with E-state index in [1.165, 1.54) is 4.68 Å². The van der Waals surface area contributed by atoms with Crippen molar-refractivity contribution in [2.24, 2.45) is 29.6 Å². The number of fused-ring (bicyclic) bond motifs is 1. The number of aliphatic hydroxyl groups excluding tert-OH is 1. The number of alkyl halides is 2. The maximum atomic E-state index is 15.1. The van der Waals surface area contributed by atoms with Gasteiger partial charge in [-0.15, -0.1) is 5.10 Å². The Bertz CT molecular complexity index is 2560. The first-order valence-corrected chi connectivity index (χ1v) is 31.0. The second-order valence-electron chi connectivity index (χ2n) is 23.7. The summed E-state index contributed by atoms with van der Waals surface area (Å²) in [6.45, 7) is 17.1. The first kappa shape index (κ1) is 64.9. The second-order valence-corrected chi connectivity index (χ2v) is 25.8. The van der Waals surface area contributed by atoms with E-state index in [-0.39, 0.29) is 36.7 Å². The lowest BCUT2D eigenvalue weighted by molar-refractivity contribution is -0.278. The molecule has 4 saturated heterocycles. The average Bonchev–Trinajstić information content (AvgIpc) is 4.17. The largest absolute Gasteiger partial charge is 0.447 e. The van der Waals surface area contributed by atoms with E-state index in [0.29, 0.717) is 44.5 Å². The number of likely N-dealkylation sites (N-methyl/N-ethyl adjacent to an activating group) is 1. The number of methoxy groups -OCH3 is 3. The quantitative estimate of drug-likeness (QED) is 0.0499. The number of aliphatic hydroxyl groups is 1. The van der Waals surface area contributed by atoms with Crippen molar-refractivity contribution in [3.63, 3.8) is 0 Å². The summed E-state index contributed by atoms with van der Waals surface area (Å²) in [7, 11) is 6.78. The standard InChI is InChI=1S/C58H88FIN8O12S/c1-32-26-57(8,75-13)51(34(3)46(44-27-56(7,74-12)50(70)37(6)77-44)35(4)52(71)79-53(60)58(9)49(36(5)47(32)69)67(55(72)80-58)21-15-23-81-14)78-45-25-42(24-33(2)76-45)66(10)22-20-41-31-68(65-64-41)43(28-59)48(73-11)39-18-16-38(17-19-39)40-29-62-54(61)63-30-40/h16-19,29-37,42-46,48-51,53,70H,15,20-28H2,1-14H3,(H2,61,62,63)/t32-,33-,34+,35-,36+,37+,42+,43-,44-,45+,46?,48-,49-,50+,51-,53+,56-,57-,58+/m1/s1. The van der Waals surface area contributed by atoms with E-state index in [4.69, 9.17) is 43.6 Å². The summed E-state index contributed by atoms with van der Waals surface area (Å²) in [5.74, 6) is -3.02. The Morgan fingerprint density at radius 3 is 2.26 bits per heavy atom. The first-order valence-electron chi connectivity index (χ1n) is 28.4. The molecule has 0 bridgehead atoms. The molecule has 0 saturated carbocycles. The third-order valence-electron chi connectivity index (χ3n) is 18.1. The van der Waals surface area contributed by atoms with Gasteiger partial charge in [0.05, 0.1) is 53.3 Å². The highest BCUT2D eigenvalue weighted by Crippen LogP contribution is 2.48. The number of amides is 1. The highest BCUT2D eigenvalue weighted by Gasteiger charge is 2.61. The number of hydrogen-bond donors (Lipinski definition) is 2. The Hall–Kier alpha value is -3.66. The number of nitrogens with two attached hydrogens (primary N) is 1. The molecule has 0 radical (unpaired) electrons. The first-order chi connectivity index (χ1) is 38.4. The van der Waals surface area contributed by atoms with Crippen LogP contribution in [-0.2, 0) is 53.9 Å². The maximum Gasteiger partial charge on any atom is 0.410 e. The molecule has 4 aliphatic heterocycles. The molecule has 81 heavy (non-hydrogen) atoms. The monoisotopic (exact) mass is 1270 g/mol. The number of benzene rings is 1. The molecular formula is C58H88FIN8O12S. The van der Waals surface area contributed by atoms with Gasteiger partial charge in [-0.05, 0) is 113 Å². The van der Waals surface area contributed by atoms with Crippen LogP contribution in [0.1, 0.15) is 118 Å². The van der Waals surface area contributed by atoms with Crippen molar-refractivity contribution < 1.29 is 61.8 Å². The summed E-state index contributed by atoms with van der Waals surface area (Å²) in [6.07, 6.45) is 4.59. The number of nitrogens with zero attached hydrogens (tertiary/aromatic N) is 7. The van der Waals surface area contributed by atoms with Crippen LogP contribution in [0.4, 0.5) is 15.1 Å². The molecule has 3 aromatic rings. The Kier molecular flexibility index (Phi) is 22.1. The molecule has 6 heterocycles. The lowest BCUT2D eigenvalue weighted by atomic mass is 9.67. The molecule has 0 aliphatic carbocycles. The predicted octanol–water partition coefficient (Wildman–Crippen LogP) is 8.09. The molecule has 1 aromatic carbocycles. The molecule has 4 fully saturated rings. The third kappa shape index (κ3) is 14.2. The van der Waals surface area contributed by atoms with Crippen molar-refractivity contribution in [2.45, 2.75) is 183 Å². The van der Waals surface area contributed by atoms with Gasteiger partial charge >= 0.3 is 12.1 Å². The highest BCUT2D eigenvalue weighted by atomic mass is 127. The summed E-state index contributed by atoms with van der Waals surface area (Å²) in [6, 6.07) is 6.05. The number of hydrogen-bond acceptors (Lipinski definition) is 19. The van der Waals surface area contributed by atoms with E-state index < -0.39 is 118 Å². The zero-order chi connectivity index (χ0) is 59.3. The van der Waals surface area contributed by atoms with Crippen LogP contribution in [0.15, 0.2) is 42.9 Å². The summed E-state index contributed by atoms with van der Waals surface area (Å²) >= 11 is 3.71. The van der Waals surface area contributed by atoms with Gasteiger partial charge in [-0.2, -0.15) is 11.8 Å². The number of anilines is 1. The van der Waals surface area contributed by atoms with Crippen LogP contribution < -0.4 is 5.73 Å². The van der Waals surface area contributed by atoms with Crippen molar-refractivity contribution in [3.05, 3.63) is 54.1 Å². The van der Waals surface area contributed by atoms with Crippen LogP contribution >= 0.6 is 34.4 Å². The highest BCUT2D eigenvalue weighted by molar-refractivity contribution is 14.1. The van der Waals surface area contributed by atoms with E-state index in [9.17, 15) is 9.90 Å². The van der Waals surface area contributed by atoms with Crippen molar-refractivity contribution in [1.82, 2.24) is 34.8 Å². The molecule has 20 nitrogen and oxygen atoms in total. The van der Waals surface area contributed by atoms with Crippen molar-refractivity contribution in [2.75, 3.05) is 65.9 Å². The Balaban J connectivity index is 1.15. The third-order valence-corrected chi connectivity index (χ3v) is 20.3. The normalized spacial score (nSPS) is 36.2. The molecular weight excluding hydrogens is 1180 g/mol. The van der Waals surface area contributed by atoms with Crippen molar-refractivity contribution >= 4 is 58.1 Å². The van der Waals surface area contributed by atoms with Crippen LogP contribution in [0, 0.1) is 29.6 Å². The number of ether oxygens (including phenoxy) is 8. The predicted molar refractivity (Wildman–Crippen MR) is 313 cm³/mol. The van der Waals surface area contributed by atoms with Gasteiger partial charge in [0, 0.05) is 102 Å². The molecule has 2 aromatic heterocycles. The van der Waals surface area contributed by atoms with Gasteiger partial charge in [-0.3, -0.25) is 9.59 Å². The zero-order valence-electron chi connectivity index (χ0n) is 49.7. The SMILES string of the molecule is CO[C@H](c1ccc(-c2cnc(N)nc2)cc1)[C@@H](CF)n1cc(CCN(C)[C@@H]2C[C@H](O[C@@H]3[C@@H](C)C([C@H]4C[C@@](C)(OC)[C@@H](O)[C@H](C)O4)[C@@H](C)C(=O)O[C@H](I)[C@@]4(C)OC(=O)N(CCCSC)[C@@H]4[C@@H](C)C(=O)[C@H](C)C[C@@]3(C)OC)O[C@H](C)C2)nn1. The number of halogens is 2. The van der Waals surface area contributed by atoms with Crippen molar-refractivity contribution in [1.29, 1.82) is 0 Å². The summed E-state index contributed by atoms with van der Waals surface area (Å²) in [5, 5.41) is 20.3. The molecule has 23 heteroatoms. The van der Waals surface area contributed by atoms with Crippen LogP contribution in [-0.4, -0.2) is 188 Å². The Labute approximate surface area is 495 Å². The number of Topliss-reactive ketones (excluding diaryl/α,β-unsaturated/α-hetero) is 1. The molecule has 1 unspecified atom stereocenters. The number of cyclic esters (lactones) is 1. The molecule has 452 valence electrons. The van der Waals surface area contributed by atoms with E-state index in [2.05, 4.69) is 32.2 Å². The van der Waals surface area contributed by atoms with Gasteiger partial charge in [-0.25, -0.2) is 23.8 Å². The number of rotatable bonds is 19.